The van der Waals surface area contributed by atoms with Gasteiger partial charge in [0, 0.05) is 43.2 Å². The third-order valence-corrected chi connectivity index (χ3v) is 5.04. The molecular weight excluding hydrogens is 377 g/mol. The lowest BCUT2D eigenvalue weighted by Gasteiger charge is -2.35. The van der Waals surface area contributed by atoms with Crippen molar-refractivity contribution in [2.24, 2.45) is 0 Å². The summed E-state index contributed by atoms with van der Waals surface area (Å²) < 4.78 is 0. The van der Waals surface area contributed by atoms with E-state index in [1.165, 1.54) is 30.2 Å². The minimum Gasteiger partial charge on any atom is -0.314 e. The van der Waals surface area contributed by atoms with Gasteiger partial charge in [-0.3, -0.25) is 4.90 Å². The molecule has 6 heteroatoms. The number of halogens is 3. The first-order valence-corrected chi connectivity index (χ1v) is 9.17. The number of aromatic nitrogens is 1. The van der Waals surface area contributed by atoms with E-state index in [1.54, 1.807) is 0 Å². The molecule has 1 aromatic heterocycles. The van der Waals surface area contributed by atoms with Crippen LogP contribution in [-0.4, -0.2) is 36.1 Å². The third kappa shape index (κ3) is 5.70. The molecule has 1 fully saturated rings. The lowest BCUT2D eigenvalue weighted by atomic mass is 9.98. The van der Waals surface area contributed by atoms with Gasteiger partial charge in [-0.25, -0.2) is 4.98 Å². The van der Waals surface area contributed by atoms with E-state index in [0.29, 0.717) is 11.2 Å². The van der Waals surface area contributed by atoms with Crippen molar-refractivity contribution in [2.75, 3.05) is 26.2 Å². The number of unbranched alkanes of at least 4 members (excludes halogenated alkanes) is 2. The molecule has 3 rings (SSSR count). The van der Waals surface area contributed by atoms with Crippen LogP contribution in [0.1, 0.15) is 44.2 Å². The van der Waals surface area contributed by atoms with E-state index in [-0.39, 0.29) is 24.8 Å². The highest BCUT2D eigenvalue weighted by Gasteiger charge is 2.24. The zero-order valence-corrected chi connectivity index (χ0v) is 17.1. The molecule has 2 aromatic rings. The van der Waals surface area contributed by atoms with Gasteiger partial charge in [0.25, 0.3) is 0 Å². The van der Waals surface area contributed by atoms with Crippen molar-refractivity contribution < 1.29 is 0 Å². The number of hydrogen-bond acceptors (Lipinski definition) is 3. The van der Waals surface area contributed by atoms with Gasteiger partial charge in [-0.15, -0.1) is 24.8 Å². The maximum Gasteiger partial charge on any atom is 0.134 e. The molecule has 0 spiro atoms. The second-order valence-corrected chi connectivity index (χ2v) is 6.72. The van der Waals surface area contributed by atoms with Crippen LogP contribution in [0.4, 0.5) is 0 Å². The summed E-state index contributed by atoms with van der Waals surface area (Å²) in [7, 11) is 0. The number of nitrogens with zero attached hydrogens (tertiary/aromatic N) is 2. The molecule has 25 heavy (non-hydrogen) atoms. The van der Waals surface area contributed by atoms with Crippen LogP contribution in [0.25, 0.3) is 10.9 Å². The molecule has 1 aromatic carbocycles. The number of nitrogens with one attached hydrogen (secondary N) is 1. The van der Waals surface area contributed by atoms with Crippen LogP contribution in [0.5, 0.6) is 0 Å². The fraction of sp³-hybridized carbons (Fsp3) is 0.526. The Morgan fingerprint density at radius 1 is 1.16 bits per heavy atom. The molecule has 0 bridgehead atoms. The number of benzene rings is 1. The molecule has 2 heterocycles. The van der Waals surface area contributed by atoms with Crippen LogP contribution < -0.4 is 5.32 Å². The highest BCUT2D eigenvalue weighted by Crippen LogP contribution is 2.33. The Bertz CT molecular complexity index is 645. The molecule has 0 aliphatic carbocycles. The van der Waals surface area contributed by atoms with Gasteiger partial charge in [0.15, 0.2) is 0 Å². The lowest BCUT2D eigenvalue weighted by Crippen LogP contribution is -2.45. The molecule has 0 radical (unpaired) electrons. The first-order valence-electron chi connectivity index (χ1n) is 8.79. The monoisotopic (exact) mass is 403 g/mol. The van der Waals surface area contributed by atoms with Crippen LogP contribution in [0.15, 0.2) is 30.3 Å². The third-order valence-electron chi connectivity index (χ3n) is 4.74. The van der Waals surface area contributed by atoms with Crippen molar-refractivity contribution in [3.8, 4) is 0 Å². The number of hydrogen-bond donors (Lipinski definition) is 1. The second-order valence-electron chi connectivity index (χ2n) is 6.36. The highest BCUT2D eigenvalue weighted by atomic mass is 35.5. The van der Waals surface area contributed by atoms with Crippen LogP contribution in [-0.2, 0) is 0 Å². The first kappa shape index (κ1) is 22.5. The summed E-state index contributed by atoms with van der Waals surface area (Å²) in [6.45, 7) is 6.54. The minimum atomic E-state index is 0. The Morgan fingerprint density at radius 2 is 1.88 bits per heavy atom. The fourth-order valence-electron chi connectivity index (χ4n) is 3.46. The van der Waals surface area contributed by atoms with E-state index in [0.717, 1.165) is 38.1 Å². The van der Waals surface area contributed by atoms with Crippen molar-refractivity contribution >= 4 is 47.3 Å². The van der Waals surface area contributed by atoms with Crippen molar-refractivity contribution in [2.45, 2.75) is 38.6 Å². The van der Waals surface area contributed by atoms with Crippen molar-refractivity contribution in [1.82, 2.24) is 15.2 Å². The molecule has 1 atom stereocenters. The summed E-state index contributed by atoms with van der Waals surface area (Å²) in [4.78, 5) is 7.22. The number of pyridine rings is 1. The number of fused-ring (bicyclic) bond motifs is 1. The zero-order valence-electron chi connectivity index (χ0n) is 14.7. The van der Waals surface area contributed by atoms with E-state index in [2.05, 4.69) is 40.3 Å². The van der Waals surface area contributed by atoms with Crippen LogP contribution in [0, 0.1) is 0 Å². The van der Waals surface area contributed by atoms with E-state index in [9.17, 15) is 0 Å². The fourth-order valence-corrected chi connectivity index (χ4v) is 3.73. The summed E-state index contributed by atoms with van der Waals surface area (Å²) >= 11 is 6.58. The molecule has 0 saturated carbocycles. The van der Waals surface area contributed by atoms with E-state index < -0.39 is 0 Å². The van der Waals surface area contributed by atoms with Crippen molar-refractivity contribution in [3.05, 3.63) is 41.0 Å². The topological polar surface area (TPSA) is 28.2 Å². The Morgan fingerprint density at radius 3 is 2.60 bits per heavy atom. The van der Waals surface area contributed by atoms with Crippen molar-refractivity contribution in [3.63, 3.8) is 0 Å². The van der Waals surface area contributed by atoms with Crippen LogP contribution in [0.3, 0.4) is 0 Å². The van der Waals surface area contributed by atoms with Gasteiger partial charge < -0.3 is 5.32 Å². The summed E-state index contributed by atoms with van der Waals surface area (Å²) in [5, 5.41) is 5.30. The molecule has 1 aliphatic rings. The predicted octanol–water partition coefficient (Wildman–Crippen LogP) is 5.26. The molecule has 1 aliphatic heterocycles. The van der Waals surface area contributed by atoms with Crippen molar-refractivity contribution in [1.29, 1.82) is 0 Å². The van der Waals surface area contributed by atoms with Crippen LogP contribution in [0.2, 0.25) is 5.15 Å². The first-order chi connectivity index (χ1) is 11.3. The smallest absolute Gasteiger partial charge is 0.134 e. The Hall–Kier alpha value is -0.580. The molecule has 3 nitrogen and oxygen atoms in total. The van der Waals surface area contributed by atoms with Gasteiger partial charge in [-0.1, -0.05) is 56.0 Å². The van der Waals surface area contributed by atoms with Gasteiger partial charge >= 0.3 is 0 Å². The maximum atomic E-state index is 6.58. The largest absolute Gasteiger partial charge is 0.314 e. The molecule has 0 unspecified atom stereocenters. The van der Waals surface area contributed by atoms with Gasteiger partial charge in [-0.2, -0.15) is 0 Å². The lowest BCUT2D eigenvalue weighted by molar-refractivity contribution is 0.162. The zero-order chi connectivity index (χ0) is 16.1. The number of para-hydroxylation sites is 1. The van der Waals surface area contributed by atoms with Gasteiger partial charge in [0.05, 0.1) is 5.52 Å². The minimum absolute atomic E-state index is 0. The molecular formula is C19H28Cl3N3. The Kier molecular flexibility index (Phi) is 10.1. The van der Waals surface area contributed by atoms with Gasteiger partial charge in [0.1, 0.15) is 5.15 Å². The highest BCUT2D eigenvalue weighted by molar-refractivity contribution is 6.30. The van der Waals surface area contributed by atoms with Gasteiger partial charge in [-0.05, 0) is 18.6 Å². The van der Waals surface area contributed by atoms with Gasteiger partial charge in [0.2, 0.25) is 0 Å². The number of piperazine rings is 1. The predicted molar refractivity (Wildman–Crippen MR) is 113 cm³/mol. The standard InChI is InChI=1S/C19H26ClN3.2ClH/c1-2-3-4-9-18(23-12-10-21-11-13-23)16-14-15-7-5-6-8-17(15)22-19(16)20;;/h5-8,14,18,21H,2-4,9-13H2,1H3;2*1H/t18-;;/m0../s1. The summed E-state index contributed by atoms with van der Waals surface area (Å²) in [5.41, 5.74) is 2.18. The van der Waals surface area contributed by atoms with Crippen LogP contribution >= 0.6 is 36.4 Å². The normalized spacial score (nSPS) is 16.1. The SMILES string of the molecule is CCCCC[C@@H](c1cc2ccccc2nc1Cl)N1CCNCC1.Cl.Cl. The summed E-state index contributed by atoms with van der Waals surface area (Å²) in [5.74, 6) is 0. The Labute approximate surface area is 168 Å². The molecule has 1 N–H and O–H groups in total. The number of rotatable bonds is 6. The summed E-state index contributed by atoms with van der Waals surface area (Å²) in [6.07, 6.45) is 4.93. The average Bonchev–Trinajstić information content (AvgIpc) is 2.59. The second kappa shape index (κ2) is 11.2. The van der Waals surface area contributed by atoms with E-state index >= 15 is 0 Å². The quantitative estimate of drug-likeness (QED) is 0.526. The molecule has 140 valence electrons. The van der Waals surface area contributed by atoms with E-state index in [1.807, 2.05) is 12.1 Å². The molecule has 0 amide bonds. The molecule has 1 saturated heterocycles. The van der Waals surface area contributed by atoms with E-state index in [4.69, 9.17) is 11.6 Å². The Balaban J connectivity index is 0.00000156. The average molecular weight is 405 g/mol. The maximum absolute atomic E-state index is 6.58. The summed E-state index contributed by atoms with van der Waals surface area (Å²) in [6, 6.07) is 10.9.